The van der Waals surface area contributed by atoms with Crippen LogP contribution in [-0.2, 0) is 9.13 Å². The molecule has 0 aromatic carbocycles. The van der Waals surface area contributed by atoms with Crippen molar-refractivity contribution in [2.45, 2.75) is 6.10 Å². The number of rotatable bonds is 2. The predicted molar refractivity (Wildman–Crippen MR) is 52.7 cm³/mol. The molecule has 19 heavy (non-hydrogen) atoms. The van der Waals surface area contributed by atoms with E-state index in [0.717, 1.165) is 0 Å². The Labute approximate surface area is 198 Å². The van der Waals surface area contributed by atoms with E-state index in [2.05, 4.69) is 0 Å². The van der Waals surface area contributed by atoms with Gasteiger partial charge in [0, 0.05) is 0 Å². The van der Waals surface area contributed by atoms with Crippen molar-refractivity contribution in [3.05, 3.63) is 0 Å². The maximum atomic E-state index is 8.55. The first-order valence-electron chi connectivity index (χ1n) is 3.17. The van der Waals surface area contributed by atoms with E-state index < -0.39 is 21.7 Å². The van der Waals surface area contributed by atoms with Crippen LogP contribution in [0.1, 0.15) is 0 Å². The summed E-state index contributed by atoms with van der Waals surface area (Å²) in [6, 6.07) is 0. The summed E-state index contributed by atoms with van der Waals surface area (Å²) >= 11 is 0. The Balaban J connectivity index is -0.0000000311. The zero-order chi connectivity index (χ0) is 14.0. The summed E-state index contributed by atoms with van der Waals surface area (Å²) < 4.78 is 17.1. The van der Waals surface area contributed by atoms with Crippen LogP contribution in [0.4, 0.5) is 0 Å². The van der Waals surface area contributed by atoms with Gasteiger partial charge in [-0.25, -0.2) is 0 Å². The molecule has 0 aromatic rings. The molecule has 0 aromatic heterocycles. The minimum atomic E-state index is -5.39. The number of phosphoric acid groups is 2. The van der Waals surface area contributed by atoms with Crippen molar-refractivity contribution in [2.75, 3.05) is 13.2 Å². The van der Waals surface area contributed by atoms with Crippen LogP contribution >= 0.6 is 15.6 Å². The molecule has 0 fully saturated rings. The minimum absolute atomic E-state index is 0. The van der Waals surface area contributed by atoms with E-state index in [0.29, 0.717) is 0 Å². The summed E-state index contributed by atoms with van der Waals surface area (Å²) in [5.41, 5.74) is 0. The molecule has 0 unspecified atom stereocenters. The minimum Gasteiger partial charge on any atom is -0.822 e. The van der Waals surface area contributed by atoms with Crippen molar-refractivity contribution in [3.8, 4) is 0 Å². The second kappa shape index (κ2) is 21.9. The Morgan fingerprint density at radius 3 is 0.842 bits per heavy atom. The number of aliphatic hydroxyl groups excluding tert-OH is 3. The molecule has 3 N–H and O–H groups in total. The van der Waals surface area contributed by atoms with Crippen LogP contribution in [0.3, 0.4) is 0 Å². The average Bonchev–Trinajstić information content (AvgIpc) is 1.96. The molecule has 0 aliphatic carbocycles. The van der Waals surface area contributed by atoms with Crippen LogP contribution in [-0.4, -0.2) is 148 Å². The molecule has 0 aliphatic rings. The average molecular weight is 402 g/mol. The van der Waals surface area contributed by atoms with Gasteiger partial charge in [0.25, 0.3) is 0 Å². The zero-order valence-corrected chi connectivity index (χ0v) is 18.0. The monoisotopic (exact) mass is 402 g/mol. The van der Waals surface area contributed by atoms with Crippen molar-refractivity contribution < 1.29 is 53.8 Å². The Kier molecular flexibility index (Phi) is 44.3. The summed E-state index contributed by atoms with van der Waals surface area (Å²) in [4.78, 5) is 51.3. The first-order chi connectivity index (χ1) is 6.81. The number of hydrogen-bond donors (Lipinski definition) is 3. The molecule has 0 bridgehead atoms. The van der Waals surface area contributed by atoms with E-state index in [1.165, 1.54) is 0 Å². The summed E-state index contributed by atoms with van der Waals surface area (Å²) in [5, 5.41) is 24.0. The van der Waals surface area contributed by atoms with Gasteiger partial charge in [0.1, 0.15) is 6.10 Å². The van der Waals surface area contributed by atoms with Crippen molar-refractivity contribution in [1.82, 2.24) is 0 Å². The van der Waals surface area contributed by atoms with Crippen LogP contribution in [0.15, 0.2) is 0 Å². The molecule has 0 heterocycles. The van der Waals surface area contributed by atoms with Crippen molar-refractivity contribution in [1.29, 1.82) is 0 Å². The van der Waals surface area contributed by atoms with Gasteiger partial charge in [-0.1, -0.05) is 0 Å². The molecular weight excluding hydrogens is 394 g/mol. The van der Waals surface area contributed by atoms with Gasteiger partial charge in [0.05, 0.1) is 13.2 Å². The molecule has 0 radical (unpaired) electrons. The maximum absolute atomic E-state index is 8.55. The van der Waals surface area contributed by atoms with Gasteiger partial charge >= 0.3 is 113 Å². The summed E-state index contributed by atoms with van der Waals surface area (Å²) in [6.07, 6.45) is -0.954. The third kappa shape index (κ3) is 139. The van der Waals surface area contributed by atoms with E-state index in [1.54, 1.807) is 0 Å². The largest absolute Gasteiger partial charge is 2.00 e. The number of hydrogen-bond acceptors (Lipinski definition) is 11. The zero-order valence-electron chi connectivity index (χ0n) is 9.61. The first-order valence-corrected chi connectivity index (χ1v) is 6.09. The summed E-state index contributed by atoms with van der Waals surface area (Å²) in [5.74, 6) is 0. The topological polar surface area (TPSA) is 233 Å². The molecular formula is C3H8Ca3O11P2. The molecule has 102 valence electrons. The quantitative estimate of drug-likeness (QED) is 0.290. The second-order valence-electron chi connectivity index (χ2n) is 1.91. The normalized spacial score (nSPS) is 9.37. The van der Waals surface area contributed by atoms with Gasteiger partial charge in [-0.05, 0) is 0 Å². The molecule has 0 atom stereocenters. The molecule has 0 aliphatic heterocycles. The summed E-state index contributed by atoms with van der Waals surface area (Å²) in [7, 11) is -10.8. The fourth-order valence-electron chi connectivity index (χ4n) is 0.0577. The summed E-state index contributed by atoms with van der Waals surface area (Å²) in [6.45, 7) is -0.729. The van der Waals surface area contributed by atoms with E-state index in [4.69, 9.17) is 53.8 Å². The van der Waals surface area contributed by atoms with E-state index in [9.17, 15) is 0 Å². The second-order valence-corrected chi connectivity index (χ2v) is 3.70. The van der Waals surface area contributed by atoms with Crippen LogP contribution < -0.4 is 29.4 Å². The number of aliphatic hydroxyl groups is 3. The van der Waals surface area contributed by atoms with Gasteiger partial charge < -0.3 is 53.8 Å². The van der Waals surface area contributed by atoms with Gasteiger partial charge in [-0.2, -0.15) is 15.6 Å². The van der Waals surface area contributed by atoms with Crippen LogP contribution in [0.2, 0.25) is 0 Å². The Bertz CT molecular complexity index is 199. The van der Waals surface area contributed by atoms with Crippen LogP contribution in [0, 0.1) is 0 Å². The third-order valence-corrected chi connectivity index (χ3v) is 0.421. The molecule has 0 amide bonds. The first kappa shape index (κ1) is 38.4. The van der Waals surface area contributed by atoms with Gasteiger partial charge in [0.2, 0.25) is 0 Å². The Hall–Kier alpha value is 3.88. The van der Waals surface area contributed by atoms with Crippen LogP contribution in [0.5, 0.6) is 0 Å². The Morgan fingerprint density at radius 1 is 0.737 bits per heavy atom. The van der Waals surface area contributed by atoms with E-state index in [1.807, 2.05) is 0 Å². The van der Waals surface area contributed by atoms with Crippen molar-refractivity contribution >= 4 is 129 Å². The smallest absolute Gasteiger partial charge is 0.822 e. The molecule has 0 saturated heterocycles. The fourth-order valence-corrected chi connectivity index (χ4v) is 0.0577. The standard InChI is InChI=1S/C3H8O3.3Ca.2H3O4P/c4-1-3(6)2-5;;;;2*1-5(2,3)4/h3-6H,1-2H2;;;;2*(H3,1,2,3,4)/q;3*+2;;/p-6. The van der Waals surface area contributed by atoms with E-state index in [-0.39, 0.29) is 126 Å². The fraction of sp³-hybridized carbons (Fsp3) is 1.00. The SMILES string of the molecule is O=P([O-])([O-])[O-].O=P([O-])([O-])[O-].OCC(O)CO.[Ca+2].[Ca+2].[Ca+2]. The van der Waals surface area contributed by atoms with Crippen LogP contribution in [0.25, 0.3) is 0 Å². The maximum Gasteiger partial charge on any atom is 2.00 e. The molecule has 16 heteroatoms. The van der Waals surface area contributed by atoms with Gasteiger partial charge in [0.15, 0.2) is 0 Å². The molecule has 0 saturated carbocycles. The van der Waals surface area contributed by atoms with Gasteiger partial charge in [-0.3, -0.25) is 0 Å². The molecule has 0 spiro atoms. The van der Waals surface area contributed by atoms with E-state index >= 15 is 0 Å². The van der Waals surface area contributed by atoms with Crippen molar-refractivity contribution in [2.24, 2.45) is 0 Å². The van der Waals surface area contributed by atoms with Crippen molar-refractivity contribution in [3.63, 3.8) is 0 Å². The molecule has 11 nitrogen and oxygen atoms in total. The third-order valence-electron chi connectivity index (χ3n) is 0.421. The van der Waals surface area contributed by atoms with Gasteiger partial charge in [-0.15, -0.1) is 0 Å². The Morgan fingerprint density at radius 2 is 0.842 bits per heavy atom. The predicted octanol–water partition coefficient (Wildman–Crippen LogP) is -8.46. The molecule has 0 rings (SSSR count).